The van der Waals surface area contributed by atoms with E-state index in [1.807, 2.05) is 29.6 Å². The minimum Gasteiger partial charge on any atom is -0.379 e. The van der Waals surface area contributed by atoms with Crippen molar-refractivity contribution in [1.29, 1.82) is 0 Å². The summed E-state index contributed by atoms with van der Waals surface area (Å²) in [6.45, 7) is 2.15. The lowest BCUT2D eigenvalue weighted by atomic mass is 10.3. The first-order chi connectivity index (χ1) is 9.06. The first-order valence-corrected chi connectivity index (χ1v) is 7.64. The van der Waals surface area contributed by atoms with E-state index in [1.54, 1.807) is 11.3 Å². The molecular weight excluding hydrogens is 348 g/mol. The molecule has 2 aromatic rings. The van der Waals surface area contributed by atoms with Gasteiger partial charge in [-0.2, -0.15) is 0 Å². The summed E-state index contributed by atoms with van der Waals surface area (Å²) < 4.78 is 0.914. The SMILES string of the molecule is CC(=O)Nc1ccsc1CNc1ccc(Cl)cc1Br. The van der Waals surface area contributed by atoms with Gasteiger partial charge in [-0.15, -0.1) is 11.3 Å². The number of carbonyl (C=O) groups excluding carboxylic acids is 1. The smallest absolute Gasteiger partial charge is 0.221 e. The van der Waals surface area contributed by atoms with E-state index in [-0.39, 0.29) is 5.91 Å². The molecule has 2 rings (SSSR count). The summed E-state index contributed by atoms with van der Waals surface area (Å²) in [5.41, 5.74) is 1.82. The number of hydrogen-bond acceptors (Lipinski definition) is 3. The molecule has 0 atom stereocenters. The van der Waals surface area contributed by atoms with Gasteiger partial charge in [-0.05, 0) is 45.6 Å². The van der Waals surface area contributed by atoms with E-state index in [4.69, 9.17) is 11.6 Å². The van der Waals surface area contributed by atoms with Crippen molar-refractivity contribution in [2.24, 2.45) is 0 Å². The van der Waals surface area contributed by atoms with Crippen LogP contribution in [0.4, 0.5) is 11.4 Å². The Morgan fingerprint density at radius 2 is 2.16 bits per heavy atom. The lowest BCUT2D eigenvalue weighted by molar-refractivity contribution is -0.114. The number of carbonyl (C=O) groups is 1. The fourth-order valence-electron chi connectivity index (χ4n) is 1.59. The number of rotatable bonds is 4. The predicted octanol–water partition coefficient (Wildman–Crippen LogP) is 4.73. The van der Waals surface area contributed by atoms with Gasteiger partial charge in [-0.3, -0.25) is 4.79 Å². The average molecular weight is 360 g/mol. The second-order valence-electron chi connectivity index (χ2n) is 3.92. The molecule has 0 spiro atoms. The second-order valence-corrected chi connectivity index (χ2v) is 6.21. The van der Waals surface area contributed by atoms with Crippen LogP contribution in [-0.2, 0) is 11.3 Å². The summed E-state index contributed by atoms with van der Waals surface area (Å²) in [5.74, 6) is -0.0627. The van der Waals surface area contributed by atoms with E-state index >= 15 is 0 Å². The molecule has 6 heteroatoms. The predicted molar refractivity (Wildman–Crippen MR) is 85.1 cm³/mol. The molecular formula is C13H12BrClN2OS. The zero-order chi connectivity index (χ0) is 13.8. The number of thiophene rings is 1. The highest BCUT2D eigenvalue weighted by Crippen LogP contribution is 2.28. The van der Waals surface area contributed by atoms with E-state index in [9.17, 15) is 4.79 Å². The van der Waals surface area contributed by atoms with E-state index in [0.29, 0.717) is 11.6 Å². The molecule has 0 unspecified atom stereocenters. The van der Waals surface area contributed by atoms with Crippen LogP contribution in [0, 0.1) is 0 Å². The highest BCUT2D eigenvalue weighted by Gasteiger charge is 2.07. The fraction of sp³-hybridized carbons (Fsp3) is 0.154. The van der Waals surface area contributed by atoms with Gasteiger partial charge in [0.1, 0.15) is 0 Å². The van der Waals surface area contributed by atoms with Crippen molar-refractivity contribution >= 4 is 56.1 Å². The number of hydrogen-bond donors (Lipinski definition) is 2. The van der Waals surface area contributed by atoms with Crippen LogP contribution in [0.15, 0.2) is 34.1 Å². The molecule has 3 nitrogen and oxygen atoms in total. The van der Waals surface area contributed by atoms with Crippen LogP contribution in [0.2, 0.25) is 5.02 Å². The maximum absolute atomic E-state index is 11.1. The van der Waals surface area contributed by atoms with Gasteiger partial charge in [0.05, 0.1) is 12.2 Å². The van der Waals surface area contributed by atoms with Gasteiger partial charge in [0.15, 0.2) is 0 Å². The van der Waals surface area contributed by atoms with E-state index < -0.39 is 0 Å². The van der Waals surface area contributed by atoms with Gasteiger partial charge in [0.2, 0.25) is 5.91 Å². The molecule has 1 aromatic heterocycles. The van der Waals surface area contributed by atoms with Crippen LogP contribution in [-0.4, -0.2) is 5.91 Å². The summed E-state index contributed by atoms with van der Waals surface area (Å²) in [7, 11) is 0. The molecule has 100 valence electrons. The van der Waals surface area contributed by atoms with Crippen LogP contribution in [0.1, 0.15) is 11.8 Å². The quantitative estimate of drug-likeness (QED) is 0.828. The topological polar surface area (TPSA) is 41.1 Å². The Hall–Kier alpha value is -1.04. The lowest BCUT2D eigenvalue weighted by Crippen LogP contribution is -2.08. The standard InChI is InChI=1S/C13H12BrClN2OS/c1-8(18)17-12-4-5-19-13(12)7-16-11-3-2-9(15)6-10(11)14/h2-6,16H,7H2,1H3,(H,17,18). The van der Waals surface area contributed by atoms with Crippen molar-refractivity contribution in [1.82, 2.24) is 0 Å². The molecule has 19 heavy (non-hydrogen) atoms. The fourth-order valence-corrected chi connectivity index (χ4v) is 3.18. The van der Waals surface area contributed by atoms with Gasteiger partial charge < -0.3 is 10.6 Å². The van der Waals surface area contributed by atoms with Crippen molar-refractivity contribution < 1.29 is 4.79 Å². The molecule has 1 amide bonds. The maximum atomic E-state index is 11.1. The van der Waals surface area contributed by atoms with Gasteiger partial charge in [-0.25, -0.2) is 0 Å². The summed E-state index contributed by atoms with van der Waals surface area (Å²) in [6.07, 6.45) is 0. The minimum atomic E-state index is -0.0627. The molecule has 0 bridgehead atoms. The van der Waals surface area contributed by atoms with Gasteiger partial charge >= 0.3 is 0 Å². The van der Waals surface area contributed by atoms with Crippen molar-refractivity contribution in [3.05, 3.63) is 44.0 Å². The van der Waals surface area contributed by atoms with E-state index in [2.05, 4.69) is 26.6 Å². The second kappa shape index (κ2) is 6.41. The summed E-state index contributed by atoms with van der Waals surface area (Å²) >= 11 is 11.0. The first kappa shape index (κ1) is 14.4. The third kappa shape index (κ3) is 3.96. The number of benzene rings is 1. The highest BCUT2D eigenvalue weighted by molar-refractivity contribution is 9.10. The Labute approximate surface area is 129 Å². The Morgan fingerprint density at radius 3 is 2.84 bits per heavy atom. The summed E-state index contributed by atoms with van der Waals surface area (Å²) in [5, 5.41) is 8.77. The van der Waals surface area contributed by atoms with Gasteiger partial charge in [0.25, 0.3) is 0 Å². The van der Waals surface area contributed by atoms with Crippen LogP contribution in [0.25, 0.3) is 0 Å². The van der Waals surface area contributed by atoms with Crippen LogP contribution in [0.5, 0.6) is 0 Å². The van der Waals surface area contributed by atoms with Crippen molar-refractivity contribution in [2.75, 3.05) is 10.6 Å². The zero-order valence-electron chi connectivity index (χ0n) is 10.2. The molecule has 0 saturated carbocycles. The Morgan fingerprint density at radius 1 is 1.37 bits per heavy atom. The molecule has 0 aliphatic carbocycles. The number of amides is 1. The number of anilines is 2. The zero-order valence-corrected chi connectivity index (χ0v) is 13.3. The van der Waals surface area contributed by atoms with Crippen LogP contribution in [0.3, 0.4) is 0 Å². The normalized spacial score (nSPS) is 10.3. The molecule has 0 radical (unpaired) electrons. The van der Waals surface area contributed by atoms with E-state index in [1.165, 1.54) is 6.92 Å². The molecule has 0 aliphatic rings. The Kier molecular flexibility index (Phi) is 4.85. The van der Waals surface area contributed by atoms with Gasteiger partial charge in [-0.1, -0.05) is 11.6 Å². The largest absolute Gasteiger partial charge is 0.379 e. The Balaban J connectivity index is 2.06. The molecule has 1 heterocycles. The van der Waals surface area contributed by atoms with Crippen LogP contribution < -0.4 is 10.6 Å². The monoisotopic (exact) mass is 358 g/mol. The van der Waals surface area contributed by atoms with Crippen LogP contribution >= 0.6 is 38.9 Å². The van der Waals surface area contributed by atoms with Crippen molar-refractivity contribution in [3.8, 4) is 0 Å². The molecule has 0 fully saturated rings. The third-order valence-electron chi connectivity index (χ3n) is 2.43. The maximum Gasteiger partial charge on any atom is 0.221 e. The first-order valence-electron chi connectivity index (χ1n) is 5.59. The average Bonchev–Trinajstić information content (AvgIpc) is 2.74. The number of halogens is 2. The van der Waals surface area contributed by atoms with Crippen molar-refractivity contribution in [3.63, 3.8) is 0 Å². The van der Waals surface area contributed by atoms with E-state index in [0.717, 1.165) is 20.7 Å². The summed E-state index contributed by atoms with van der Waals surface area (Å²) in [6, 6.07) is 7.49. The molecule has 0 saturated heterocycles. The van der Waals surface area contributed by atoms with Gasteiger partial charge in [0, 0.05) is 27.0 Å². The molecule has 1 aromatic carbocycles. The Bertz CT molecular complexity index is 600. The third-order valence-corrected chi connectivity index (χ3v) is 4.24. The van der Waals surface area contributed by atoms with Crippen molar-refractivity contribution in [2.45, 2.75) is 13.5 Å². The molecule has 2 N–H and O–H groups in total. The summed E-state index contributed by atoms with van der Waals surface area (Å²) in [4.78, 5) is 12.2. The highest BCUT2D eigenvalue weighted by atomic mass is 79.9. The lowest BCUT2D eigenvalue weighted by Gasteiger charge is -2.09. The minimum absolute atomic E-state index is 0.0627. The number of nitrogens with one attached hydrogen (secondary N) is 2. The molecule has 0 aliphatic heterocycles.